The Balaban J connectivity index is 1.50. The van der Waals surface area contributed by atoms with Crippen LogP contribution in [0.2, 0.25) is 0 Å². The quantitative estimate of drug-likeness (QED) is 0.796. The second-order valence-electron chi connectivity index (χ2n) is 5.99. The van der Waals surface area contributed by atoms with Crippen LogP contribution in [0.1, 0.15) is 37.2 Å². The molecule has 6 heteroatoms. The zero-order valence-electron chi connectivity index (χ0n) is 11.5. The Hall–Kier alpha value is -1.69. The summed E-state index contributed by atoms with van der Waals surface area (Å²) in [6, 6.07) is 3.11. The van der Waals surface area contributed by atoms with E-state index in [4.69, 9.17) is 0 Å². The van der Waals surface area contributed by atoms with E-state index in [9.17, 15) is 18.7 Å². The molecule has 1 aromatic carbocycles. The number of carbonyl (C=O) groups excluding carboxylic acids is 1. The molecule has 0 heterocycles. The van der Waals surface area contributed by atoms with Gasteiger partial charge in [0.15, 0.2) is 0 Å². The number of urea groups is 1. The lowest BCUT2D eigenvalue weighted by Gasteiger charge is -2.36. The highest BCUT2D eigenvalue weighted by Crippen LogP contribution is 2.43. The van der Waals surface area contributed by atoms with Gasteiger partial charge in [-0.15, -0.1) is 0 Å². The first-order chi connectivity index (χ1) is 9.98. The molecule has 3 rings (SSSR count). The minimum atomic E-state index is -0.780. The molecule has 2 saturated carbocycles. The van der Waals surface area contributed by atoms with Crippen LogP contribution in [0.25, 0.3) is 0 Å². The zero-order valence-corrected chi connectivity index (χ0v) is 11.5. The Morgan fingerprint density at radius 3 is 2.57 bits per heavy atom. The van der Waals surface area contributed by atoms with Crippen LogP contribution < -0.4 is 10.6 Å². The van der Waals surface area contributed by atoms with Crippen LogP contribution in [0.15, 0.2) is 18.2 Å². The largest absolute Gasteiger partial charge is 0.388 e. The van der Waals surface area contributed by atoms with Gasteiger partial charge in [-0.05, 0) is 37.8 Å². The minimum Gasteiger partial charge on any atom is -0.388 e. The number of rotatable bonds is 4. The Morgan fingerprint density at radius 1 is 1.33 bits per heavy atom. The van der Waals surface area contributed by atoms with Crippen LogP contribution in [0.3, 0.4) is 0 Å². The third-order valence-corrected chi connectivity index (χ3v) is 4.34. The van der Waals surface area contributed by atoms with Gasteiger partial charge in [-0.3, -0.25) is 0 Å². The first kappa shape index (κ1) is 14.3. The fraction of sp³-hybridized carbons (Fsp3) is 0.533. The normalized spacial score (nSPS) is 25.9. The van der Waals surface area contributed by atoms with E-state index in [1.807, 2.05) is 0 Å². The lowest BCUT2D eigenvalue weighted by atomic mass is 9.80. The summed E-state index contributed by atoms with van der Waals surface area (Å²) in [4.78, 5) is 11.7. The van der Waals surface area contributed by atoms with Crippen LogP contribution in [0.4, 0.5) is 13.6 Å². The summed E-state index contributed by atoms with van der Waals surface area (Å²) < 4.78 is 27.2. The van der Waals surface area contributed by atoms with Gasteiger partial charge in [0.25, 0.3) is 0 Å². The van der Waals surface area contributed by atoms with Gasteiger partial charge in [-0.25, -0.2) is 13.6 Å². The monoisotopic (exact) mass is 296 g/mol. The van der Waals surface area contributed by atoms with Crippen molar-refractivity contribution in [3.05, 3.63) is 35.4 Å². The van der Waals surface area contributed by atoms with Crippen molar-refractivity contribution < 1.29 is 18.7 Å². The van der Waals surface area contributed by atoms with E-state index in [2.05, 4.69) is 10.6 Å². The highest BCUT2D eigenvalue weighted by Gasteiger charge is 2.43. The van der Waals surface area contributed by atoms with E-state index >= 15 is 0 Å². The van der Waals surface area contributed by atoms with Crippen molar-refractivity contribution in [1.82, 2.24) is 10.6 Å². The summed E-state index contributed by atoms with van der Waals surface area (Å²) >= 11 is 0. The number of halogens is 2. The van der Waals surface area contributed by atoms with Gasteiger partial charge in [-0.1, -0.05) is 6.07 Å². The van der Waals surface area contributed by atoms with Crippen LogP contribution in [0.5, 0.6) is 0 Å². The molecule has 2 atom stereocenters. The van der Waals surface area contributed by atoms with E-state index < -0.39 is 23.3 Å². The summed E-state index contributed by atoms with van der Waals surface area (Å²) in [6.45, 7) is 0.213. The van der Waals surface area contributed by atoms with E-state index in [1.54, 1.807) is 0 Å². The average Bonchev–Trinajstić information content (AvgIpc) is 3.13. The van der Waals surface area contributed by atoms with Crippen molar-refractivity contribution in [2.45, 2.75) is 43.2 Å². The van der Waals surface area contributed by atoms with Gasteiger partial charge in [0.05, 0.1) is 5.60 Å². The highest BCUT2D eigenvalue weighted by atomic mass is 19.1. The van der Waals surface area contributed by atoms with Gasteiger partial charge in [0, 0.05) is 24.1 Å². The maximum atomic E-state index is 13.6. The van der Waals surface area contributed by atoms with Gasteiger partial charge in [-0.2, -0.15) is 0 Å². The first-order valence-corrected chi connectivity index (χ1v) is 7.19. The predicted octanol–water partition coefficient (Wildman–Crippen LogP) is 2.03. The fourth-order valence-corrected chi connectivity index (χ4v) is 2.76. The summed E-state index contributed by atoms with van der Waals surface area (Å²) in [7, 11) is 0. The van der Waals surface area contributed by atoms with Gasteiger partial charge in [0.2, 0.25) is 0 Å². The number of benzene rings is 1. The predicted molar refractivity (Wildman–Crippen MR) is 72.8 cm³/mol. The molecule has 21 heavy (non-hydrogen) atoms. The number of nitrogens with one attached hydrogen (secondary N) is 2. The molecule has 2 fully saturated rings. The van der Waals surface area contributed by atoms with Gasteiger partial charge < -0.3 is 15.7 Å². The maximum Gasteiger partial charge on any atom is 0.315 e. The number of aliphatic hydroxyl groups is 1. The lowest BCUT2D eigenvalue weighted by molar-refractivity contribution is -0.0290. The molecule has 4 nitrogen and oxygen atoms in total. The van der Waals surface area contributed by atoms with Crippen molar-refractivity contribution >= 4 is 6.03 Å². The lowest BCUT2D eigenvalue weighted by Crippen LogP contribution is -2.50. The minimum absolute atomic E-state index is 0.0421. The molecular formula is C15H18F2N2O2. The van der Waals surface area contributed by atoms with E-state index in [-0.39, 0.29) is 24.1 Å². The molecule has 114 valence electrons. The Bertz CT molecular complexity index is 540. The van der Waals surface area contributed by atoms with E-state index in [0.29, 0.717) is 19.3 Å². The Kier molecular flexibility index (Phi) is 3.57. The molecule has 2 aliphatic carbocycles. The molecule has 1 aromatic rings. The van der Waals surface area contributed by atoms with E-state index in [0.717, 1.165) is 6.42 Å². The van der Waals surface area contributed by atoms with Crippen LogP contribution in [-0.4, -0.2) is 29.3 Å². The van der Waals surface area contributed by atoms with Crippen molar-refractivity contribution in [2.75, 3.05) is 6.54 Å². The third kappa shape index (κ3) is 3.00. The molecular weight excluding hydrogens is 278 g/mol. The van der Waals surface area contributed by atoms with Crippen molar-refractivity contribution in [2.24, 2.45) is 0 Å². The number of hydrogen-bond acceptors (Lipinski definition) is 2. The Labute approximate surface area is 121 Å². The molecule has 2 unspecified atom stereocenters. The maximum absolute atomic E-state index is 13.6. The van der Waals surface area contributed by atoms with E-state index in [1.165, 1.54) is 18.2 Å². The SMILES string of the molecule is O=C(NCC1(O)CCC1)NC1CC1c1c(F)cccc1F. The van der Waals surface area contributed by atoms with Crippen molar-refractivity contribution in [3.8, 4) is 0 Å². The third-order valence-electron chi connectivity index (χ3n) is 4.34. The molecule has 0 spiro atoms. The van der Waals surface area contributed by atoms with Crippen molar-refractivity contribution in [1.29, 1.82) is 0 Å². The Morgan fingerprint density at radius 2 is 2.00 bits per heavy atom. The molecule has 2 aliphatic rings. The van der Waals surface area contributed by atoms with Gasteiger partial charge >= 0.3 is 6.03 Å². The van der Waals surface area contributed by atoms with Crippen molar-refractivity contribution in [3.63, 3.8) is 0 Å². The molecule has 3 N–H and O–H groups in total. The average molecular weight is 296 g/mol. The van der Waals surface area contributed by atoms with Crippen LogP contribution >= 0.6 is 0 Å². The molecule has 0 radical (unpaired) electrons. The summed E-state index contributed by atoms with van der Waals surface area (Å²) in [5.41, 5.74) is -0.738. The summed E-state index contributed by atoms with van der Waals surface area (Å²) in [5, 5.41) is 15.2. The highest BCUT2D eigenvalue weighted by molar-refractivity contribution is 5.75. The zero-order chi connectivity index (χ0) is 15.0. The summed E-state index contributed by atoms with van der Waals surface area (Å²) in [6.07, 6.45) is 2.88. The summed E-state index contributed by atoms with van der Waals surface area (Å²) in [5.74, 6) is -1.47. The first-order valence-electron chi connectivity index (χ1n) is 7.19. The molecule has 2 amide bonds. The fourth-order valence-electron chi connectivity index (χ4n) is 2.76. The topological polar surface area (TPSA) is 61.4 Å². The molecule has 0 aromatic heterocycles. The standard InChI is InChI=1S/C15H18F2N2O2/c16-10-3-1-4-11(17)13(10)9-7-12(9)19-14(20)18-8-15(21)5-2-6-15/h1,3-4,9,12,21H,2,5-8H2,(H2,18,19,20). The molecule has 0 bridgehead atoms. The molecule has 0 aliphatic heterocycles. The molecule has 0 saturated heterocycles. The number of carbonyl (C=O) groups is 1. The number of hydrogen-bond donors (Lipinski definition) is 3. The second kappa shape index (κ2) is 5.26. The number of amides is 2. The second-order valence-corrected chi connectivity index (χ2v) is 5.99. The van der Waals surface area contributed by atoms with Crippen LogP contribution in [0, 0.1) is 11.6 Å². The van der Waals surface area contributed by atoms with Crippen LogP contribution in [-0.2, 0) is 0 Å². The van der Waals surface area contributed by atoms with Gasteiger partial charge in [0.1, 0.15) is 11.6 Å². The smallest absolute Gasteiger partial charge is 0.315 e.